The Morgan fingerprint density at radius 3 is 2.07 bits per heavy atom. The lowest BCUT2D eigenvalue weighted by Gasteiger charge is -2.10. The predicted octanol–water partition coefficient (Wildman–Crippen LogP) is 3.00. The lowest BCUT2D eigenvalue weighted by molar-refractivity contribution is 0.293. The zero-order valence-corrected chi connectivity index (χ0v) is 10.7. The molecule has 2 N–H and O–H groups in total. The van der Waals surface area contributed by atoms with Crippen LogP contribution in [0.1, 0.15) is 51.9 Å². The standard InChI is InChI=1S/C11H25O3P/c1-2-3-4-5-6-7-10-15(13,14)11-8-9-12/h12H,2-11H2,1H3,(H,13,14). The SMILES string of the molecule is CCCCCCCCP(=O)(O)CCCO. The highest BCUT2D eigenvalue weighted by Crippen LogP contribution is 2.41. The van der Waals surface area contributed by atoms with Gasteiger partial charge in [0.05, 0.1) is 0 Å². The Kier molecular flexibility index (Phi) is 9.48. The van der Waals surface area contributed by atoms with Gasteiger partial charge in [0.2, 0.25) is 7.37 Å². The topological polar surface area (TPSA) is 57.5 Å². The maximum absolute atomic E-state index is 11.5. The zero-order valence-electron chi connectivity index (χ0n) is 9.82. The van der Waals surface area contributed by atoms with Gasteiger partial charge < -0.3 is 10.00 Å². The molecule has 0 heterocycles. The summed E-state index contributed by atoms with van der Waals surface area (Å²) in [6, 6.07) is 0. The van der Waals surface area contributed by atoms with Crippen LogP contribution in [0.3, 0.4) is 0 Å². The first-order valence-electron chi connectivity index (χ1n) is 6.04. The summed E-state index contributed by atoms with van der Waals surface area (Å²) in [6.07, 6.45) is 7.97. The van der Waals surface area contributed by atoms with Crippen LogP contribution in [0.5, 0.6) is 0 Å². The molecule has 0 amide bonds. The van der Waals surface area contributed by atoms with E-state index in [-0.39, 0.29) is 12.8 Å². The van der Waals surface area contributed by atoms with E-state index in [1.54, 1.807) is 0 Å². The van der Waals surface area contributed by atoms with Crippen molar-refractivity contribution in [2.75, 3.05) is 18.9 Å². The molecule has 3 nitrogen and oxygen atoms in total. The van der Waals surface area contributed by atoms with Gasteiger partial charge in [0.1, 0.15) is 0 Å². The van der Waals surface area contributed by atoms with Crippen molar-refractivity contribution in [1.82, 2.24) is 0 Å². The molecular weight excluding hydrogens is 211 g/mol. The van der Waals surface area contributed by atoms with Crippen LogP contribution in [0.15, 0.2) is 0 Å². The van der Waals surface area contributed by atoms with Crippen molar-refractivity contribution in [3.63, 3.8) is 0 Å². The van der Waals surface area contributed by atoms with Crippen LogP contribution in [0, 0.1) is 0 Å². The Balaban J connectivity index is 3.36. The summed E-state index contributed by atoms with van der Waals surface area (Å²) in [5.41, 5.74) is 0. The molecule has 4 heteroatoms. The lowest BCUT2D eigenvalue weighted by Crippen LogP contribution is -1.97. The molecule has 0 rings (SSSR count). The number of unbranched alkanes of at least 4 members (excludes halogenated alkanes) is 5. The number of aliphatic hydroxyl groups is 1. The highest BCUT2D eigenvalue weighted by molar-refractivity contribution is 7.57. The van der Waals surface area contributed by atoms with Gasteiger partial charge in [0.15, 0.2) is 0 Å². The lowest BCUT2D eigenvalue weighted by atomic mass is 10.1. The first-order chi connectivity index (χ1) is 7.12. The summed E-state index contributed by atoms with van der Waals surface area (Å²) in [7, 11) is -2.92. The molecule has 0 fully saturated rings. The predicted molar refractivity (Wildman–Crippen MR) is 64.6 cm³/mol. The van der Waals surface area contributed by atoms with E-state index in [1.165, 1.54) is 25.7 Å². The highest BCUT2D eigenvalue weighted by Gasteiger charge is 2.16. The fraction of sp³-hybridized carbons (Fsp3) is 1.00. The molecule has 1 unspecified atom stereocenters. The Morgan fingerprint density at radius 2 is 1.47 bits per heavy atom. The van der Waals surface area contributed by atoms with Crippen molar-refractivity contribution in [2.45, 2.75) is 51.9 Å². The smallest absolute Gasteiger partial charge is 0.200 e. The average molecular weight is 236 g/mol. The maximum Gasteiger partial charge on any atom is 0.200 e. The Bertz CT molecular complexity index is 183. The second-order valence-electron chi connectivity index (χ2n) is 4.14. The molecule has 15 heavy (non-hydrogen) atoms. The number of aliphatic hydroxyl groups excluding tert-OH is 1. The molecule has 0 radical (unpaired) electrons. The molecular formula is C11H25O3P. The Labute approximate surface area is 93.4 Å². The van der Waals surface area contributed by atoms with Crippen LogP contribution in [0.2, 0.25) is 0 Å². The van der Waals surface area contributed by atoms with E-state index >= 15 is 0 Å². The largest absolute Gasteiger partial charge is 0.396 e. The summed E-state index contributed by atoms with van der Waals surface area (Å²) in [6.45, 7) is 2.19. The number of hydrogen-bond acceptors (Lipinski definition) is 2. The molecule has 0 bridgehead atoms. The van der Waals surface area contributed by atoms with Crippen molar-refractivity contribution in [3.8, 4) is 0 Å². The molecule has 0 aromatic carbocycles. The number of rotatable bonds is 10. The summed E-state index contributed by atoms with van der Waals surface area (Å²) in [5, 5.41) is 8.57. The van der Waals surface area contributed by atoms with E-state index in [2.05, 4.69) is 6.92 Å². The van der Waals surface area contributed by atoms with Crippen molar-refractivity contribution >= 4 is 7.37 Å². The third-order valence-corrected chi connectivity index (χ3v) is 4.56. The van der Waals surface area contributed by atoms with E-state index in [4.69, 9.17) is 5.11 Å². The van der Waals surface area contributed by atoms with E-state index in [0.717, 1.165) is 12.8 Å². The van der Waals surface area contributed by atoms with Gasteiger partial charge in [-0.25, -0.2) is 0 Å². The quantitative estimate of drug-likeness (QED) is 0.453. The molecule has 0 saturated carbocycles. The Hall–Kier alpha value is 0.150. The third kappa shape index (κ3) is 10.4. The third-order valence-electron chi connectivity index (χ3n) is 2.53. The van der Waals surface area contributed by atoms with Gasteiger partial charge in [-0.1, -0.05) is 39.0 Å². The van der Waals surface area contributed by atoms with Crippen LogP contribution in [0.4, 0.5) is 0 Å². The van der Waals surface area contributed by atoms with Crippen molar-refractivity contribution in [1.29, 1.82) is 0 Å². The summed E-state index contributed by atoms with van der Waals surface area (Å²) >= 11 is 0. The summed E-state index contributed by atoms with van der Waals surface area (Å²) in [5.74, 6) is 0. The zero-order chi connectivity index (χ0) is 11.6. The van der Waals surface area contributed by atoms with Gasteiger partial charge in [0, 0.05) is 18.9 Å². The van der Waals surface area contributed by atoms with Crippen LogP contribution in [-0.2, 0) is 4.57 Å². The first kappa shape index (κ1) is 15.2. The van der Waals surface area contributed by atoms with Crippen LogP contribution in [0.25, 0.3) is 0 Å². The molecule has 0 aliphatic heterocycles. The molecule has 0 aliphatic carbocycles. The summed E-state index contributed by atoms with van der Waals surface area (Å²) in [4.78, 5) is 9.49. The van der Waals surface area contributed by atoms with Gasteiger partial charge in [0.25, 0.3) is 0 Å². The van der Waals surface area contributed by atoms with Gasteiger partial charge in [-0.15, -0.1) is 0 Å². The monoisotopic (exact) mass is 236 g/mol. The van der Waals surface area contributed by atoms with Crippen LogP contribution < -0.4 is 0 Å². The fourth-order valence-corrected chi connectivity index (χ4v) is 3.15. The van der Waals surface area contributed by atoms with Gasteiger partial charge >= 0.3 is 0 Å². The molecule has 92 valence electrons. The molecule has 0 aromatic heterocycles. The minimum absolute atomic E-state index is 0.0149. The van der Waals surface area contributed by atoms with Crippen molar-refractivity contribution < 1.29 is 14.6 Å². The minimum atomic E-state index is -2.92. The molecule has 0 spiro atoms. The fourth-order valence-electron chi connectivity index (χ4n) is 1.57. The first-order valence-corrected chi connectivity index (χ1v) is 8.07. The molecule has 0 aromatic rings. The van der Waals surface area contributed by atoms with Crippen molar-refractivity contribution in [3.05, 3.63) is 0 Å². The maximum atomic E-state index is 11.5. The minimum Gasteiger partial charge on any atom is -0.396 e. The normalized spacial score (nSPS) is 15.1. The van der Waals surface area contributed by atoms with Gasteiger partial charge in [-0.05, 0) is 12.8 Å². The van der Waals surface area contributed by atoms with Gasteiger partial charge in [-0.2, -0.15) is 0 Å². The van der Waals surface area contributed by atoms with E-state index in [1.807, 2.05) is 0 Å². The second-order valence-corrected chi connectivity index (χ2v) is 6.73. The number of hydrogen-bond donors (Lipinski definition) is 2. The Morgan fingerprint density at radius 1 is 0.933 bits per heavy atom. The summed E-state index contributed by atoms with van der Waals surface area (Å²) < 4.78 is 11.5. The molecule has 0 aliphatic rings. The van der Waals surface area contributed by atoms with Crippen LogP contribution in [-0.4, -0.2) is 28.9 Å². The second kappa shape index (κ2) is 9.38. The van der Waals surface area contributed by atoms with E-state index in [0.29, 0.717) is 12.6 Å². The van der Waals surface area contributed by atoms with Crippen molar-refractivity contribution in [2.24, 2.45) is 0 Å². The molecule has 1 atom stereocenters. The van der Waals surface area contributed by atoms with Gasteiger partial charge in [-0.3, -0.25) is 4.57 Å². The highest BCUT2D eigenvalue weighted by atomic mass is 31.2. The van der Waals surface area contributed by atoms with Crippen LogP contribution >= 0.6 is 7.37 Å². The van der Waals surface area contributed by atoms with E-state index < -0.39 is 7.37 Å². The molecule has 0 saturated heterocycles. The van der Waals surface area contributed by atoms with E-state index in [9.17, 15) is 9.46 Å². The average Bonchev–Trinajstić information content (AvgIpc) is 2.20.